The van der Waals surface area contributed by atoms with E-state index in [-0.39, 0.29) is 11.9 Å². The van der Waals surface area contributed by atoms with Gasteiger partial charge < -0.3 is 25.7 Å². The van der Waals surface area contributed by atoms with E-state index < -0.39 is 0 Å². The van der Waals surface area contributed by atoms with Gasteiger partial charge in [0.1, 0.15) is 5.75 Å². The zero-order valence-electron chi connectivity index (χ0n) is 22.1. The Morgan fingerprint density at radius 2 is 1.92 bits per heavy atom. The van der Waals surface area contributed by atoms with Gasteiger partial charge in [-0.3, -0.25) is 4.79 Å². The third kappa shape index (κ3) is 6.35. The average molecular weight is 489 g/mol. The van der Waals surface area contributed by atoms with Crippen LogP contribution >= 0.6 is 0 Å². The molecule has 2 fully saturated rings. The number of ether oxygens (including phenoxy) is 1. The molecule has 1 aliphatic heterocycles. The summed E-state index contributed by atoms with van der Waals surface area (Å²) in [6.07, 6.45) is 8.22. The average Bonchev–Trinajstić information content (AvgIpc) is 3.71. The van der Waals surface area contributed by atoms with Crippen molar-refractivity contribution in [3.63, 3.8) is 0 Å². The highest BCUT2D eigenvalue weighted by Gasteiger charge is 2.28. The third-order valence-corrected chi connectivity index (χ3v) is 7.58. The number of methoxy groups -OCH3 is 1. The number of benzene rings is 2. The van der Waals surface area contributed by atoms with Crippen LogP contribution in [0.5, 0.6) is 5.75 Å². The van der Waals surface area contributed by atoms with Crippen LogP contribution in [0.3, 0.4) is 0 Å². The zero-order chi connectivity index (χ0) is 25.7. The molecule has 1 heterocycles. The molecule has 0 radical (unpaired) electrons. The van der Waals surface area contributed by atoms with Crippen LogP contribution < -0.4 is 15.4 Å². The summed E-state index contributed by atoms with van der Waals surface area (Å²) in [6.45, 7) is 7.57. The van der Waals surface area contributed by atoms with Gasteiger partial charge in [0.15, 0.2) is 0 Å². The summed E-state index contributed by atoms with van der Waals surface area (Å²) in [5.41, 5.74) is 5.55. The Morgan fingerprint density at radius 1 is 1.17 bits per heavy atom. The Labute approximate surface area is 215 Å². The van der Waals surface area contributed by atoms with Gasteiger partial charge in [-0.1, -0.05) is 12.1 Å². The largest absolute Gasteiger partial charge is 0.497 e. The van der Waals surface area contributed by atoms with E-state index in [0.717, 1.165) is 59.7 Å². The highest BCUT2D eigenvalue weighted by molar-refractivity contribution is 6.08. The number of nitrogens with zero attached hydrogens (tertiary/aromatic N) is 1. The van der Waals surface area contributed by atoms with Crippen molar-refractivity contribution in [2.24, 2.45) is 5.92 Å². The molecule has 2 aromatic rings. The molecule has 1 aliphatic carbocycles. The molecule has 1 amide bonds. The van der Waals surface area contributed by atoms with E-state index in [2.05, 4.69) is 33.7 Å². The third-order valence-electron chi connectivity index (χ3n) is 7.58. The van der Waals surface area contributed by atoms with Crippen LogP contribution in [-0.2, 0) is 0 Å². The van der Waals surface area contributed by atoms with Crippen LogP contribution in [-0.4, -0.2) is 50.8 Å². The van der Waals surface area contributed by atoms with E-state index in [4.69, 9.17) is 10.1 Å². The molecule has 2 aliphatic rings. The first kappa shape index (κ1) is 26.0. The second-order valence-electron chi connectivity index (χ2n) is 10.3. The summed E-state index contributed by atoms with van der Waals surface area (Å²) < 4.78 is 5.50. The molecule has 2 aromatic carbocycles. The van der Waals surface area contributed by atoms with Crippen LogP contribution in [0, 0.1) is 18.3 Å². The Bertz CT molecular complexity index is 1110. The van der Waals surface area contributed by atoms with Gasteiger partial charge in [0.25, 0.3) is 5.91 Å². The fourth-order valence-corrected chi connectivity index (χ4v) is 5.13. The van der Waals surface area contributed by atoms with Crippen LogP contribution in [0.1, 0.15) is 77.2 Å². The van der Waals surface area contributed by atoms with E-state index >= 15 is 0 Å². The van der Waals surface area contributed by atoms with Crippen LogP contribution in [0.25, 0.3) is 5.57 Å². The number of hydrogen-bond acceptors (Lipinski definition) is 5. The van der Waals surface area contributed by atoms with Crippen molar-refractivity contribution < 1.29 is 9.53 Å². The predicted octanol–water partition coefficient (Wildman–Crippen LogP) is 5.29. The minimum Gasteiger partial charge on any atom is -0.497 e. The number of amides is 1. The summed E-state index contributed by atoms with van der Waals surface area (Å²) >= 11 is 0. The molecule has 36 heavy (non-hydrogen) atoms. The fourth-order valence-electron chi connectivity index (χ4n) is 5.13. The minimum absolute atomic E-state index is 0.0598. The lowest BCUT2D eigenvalue weighted by molar-refractivity contribution is 0.0939. The Morgan fingerprint density at radius 3 is 2.56 bits per heavy atom. The second-order valence-corrected chi connectivity index (χ2v) is 10.3. The van der Waals surface area contributed by atoms with Crippen molar-refractivity contribution in [3.05, 3.63) is 70.4 Å². The number of piperidine rings is 1. The number of rotatable bonds is 10. The van der Waals surface area contributed by atoms with E-state index in [1.165, 1.54) is 31.2 Å². The van der Waals surface area contributed by atoms with Crippen molar-refractivity contribution in [1.82, 2.24) is 15.5 Å². The molecule has 6 heteroatoms. The highest BCUT2D eigenvalue weighted by Crippen LogP contribution is 2.34. The molecular formula is C30H40N4O2. The maximum Gasteiger partial charge on any atom is 0.252 e. The monoisotopic (exact) mass is 488 g/mol. The number of carbonyl (C=O) groups is 1. The summed E-state index contributed by atoms with van der Waals surface area (Å²) in [6, 6.07) is 12.0. The molecule has 4 rings (SSSR count). The molecule has 6 nitrogen and oxygen atoms in total. The molecule has 0 aromatic heterocycles. The molecule has 1 saturated carbocycles. The second kappa shape index (κ2) is 11.7. The Hall–Kier alpha value is -3.12. The first-order valence-corrected chi connectivity index (χ1v) is 13.1. The lowest BCUT2D eigenvalue weighted by Crippen LogP contribution is -2.34. The zero-order valence-corrected chi connectivity index (χ0v) is 22.1. The molecule has 0 spiro atoms. The topological polar surface area (TPSA) is 77.5 Å². The van der Waals surface area contributed by atoms with Crippen LogP contribution in [0.2, 0.25) is 0 Å². The molecule has 0 bridgehead atoms. The van der Waals surface area contributed by atoms with Crippen LogP contribution in [0.4, 0.5) is 0 Å². The Balaban J connectivity index is 1.47. The molecule has 3 N–H and O–H groups in total. The van der Waals surface area contributed by atoms with Gasteiger partial charge in [0.2, 0.25) is 0 Å². The van der Waals surface area contributed by atoms with Gasteiger partial charge >= 0.3 is 0 Å². The lowest BCUT2D eigenvalue weighted by Gasteiger charge is -2.32. The number of aryl methyl sites for hydroxylation is 1. The van der Waals surface area contributed by atoms with Gasteiger partial charge in [0, 0.05) is 37.1 Å². The number of hydrogen-bond donors (Lipinski definition) is 3. The number of carbonyl (C=O) groups excluding carboxylic acids is 1. The van der Waals surface area contributed by atoms with Gasteiger partial charge in [-0.2, -0.15) is 0 Å². The van der Waals surface area contributed by atoms with Crippen molar-refractivity contribution >= 4 is 17.7 Å². The van der Waals surface area contributed by atoms with Gasteiger partial charge in [-0.15, -0.1) is 0 Å². The molecule has 1 atom stereocenters. The SMILES string of the molecule is CN/C=C(\C=N)c1cc(OC)cc([C@@H](C)NC(=O)c2cc(C3CCN(CC4CC4)CC3)ccc2C)c1. The highest BCUT2D eigenvalue weighted by atomic mass is 16.5. The molecule has 0 unspecified atom stereocenters. The summed E-state index contributed by atoms with van der Waals surface area (Å²) in [4.78, 5) is 16.0. The first-order chi connectivity index (χ1) is 17.4. The van der Waals surface area contributed by atoms with E-state index in [9.17, 15) is 4.79 Å². The van der Waals surface area contributed by atoms with E-state index in [1.807, 2.05) is 32.0 Å². The maximum atomic E-state index is 13.4. The van der Waals surface area contributed by atoms with Gasteiger partial charge in [0.05, 0.1) is 13.2 Å². The van der Waals surface area contributed by atoms with E-state index in [0.29, 0.717) is 11.7 Å². The lowest BCUT2D eigenvalue weighted by atomic mass is 9.87. The summed E-state index contributed by atoms with van der Waals surface area (Å²) in [5.74, 6) is 2.09. The minimum atomic E-state index is -0.221. The number of likely N-dealkylation sites (tertiary alicyclic amines) is 1. The van der Waals surface area contributed by atoms with Crippen molar-refractivity contribution in [3.8, 4) is 5.75 Å². The molecule has 192 valence electrons. The maximum absolute atomic E-state index is 13.4. The number of nitrogens with one attached hydrogen (secondary N) is 3. The summed E-state index contributed by atoms with van der Waals surface area (Å²) in [5, 5.41) is 13.9. The molecular weight excluding hydrogens is 448 g/mol. The van der Waals surface area contributed by atoms with Crippen LogP contribution in [0.15, 0.2) is 42.6 Å². The first-order valence-electron chi connectivity index (χ1n) is 13.1. The molecule has 1 saturated heterocycles. The predicted molar refractivity (Wildman–Crippen MR) is 147 cm³/mol. The van der Waals surface area contributed by atoms with Gasteiger partial charge in [-0.25, -0.2) is 0 Å². The van der Waals surface area contributed by atoms with E-state index in [1.54, 1.807) is 20.4 Å². The van der Waals surface area contributed by atoms with Crippen molar-refractivity contribution in [2.75, 3.05) is 33.8 Å². The standard InChI is InChI=1S/C30H40N4O2/c1-20-5-8-24(23-9-11-34(12-10-23)19-22-6-7-22)16-29(20)30(35)33-21(2)25-13-26(15-28(14-25)36-4)27(17-31)18-32-3/h5,8,13-18,21-23,31-32H,6-7,9-12,19H2,1-4H3,(H,33,35)/b27-18+,31-17?/t21-/m1/s1. The smallest absolute Gasteiger partial charge is 0.252 e. The number of allylic oxidation sites excluding steroid dienone is 1. The van der Waals surface area contributed by atoms with Crippen molar-refractivity contribution in [1.29, 1.82) is 5.41 Å². The van der Waals surface area contributed by atoms with Gasteiger partial charge in [-0.05, 0) is 111 Å². The van der Waals surface area contributed by atoms with Crippen molar-refractivity contribution in [2.45, 2.75) is 51.5 Å². The summed E-state index contributed by atoms with van der Waals surface area (Å²) in [7, 11) is 3.44. The quantitative estimate of drug-likeness (QED) is 0.397. The Kier molecular flexibility index (Phi) is 8.47. The normalized spacial score (nSPS) is 17.9. The fraction of sp³-hybridized carbons (Fsp3) is 0.467.